The fraction of sp³-hybridized carbons (Fsp3) is 0.809. The maximum atomic E-state index is 12.7. The van der Waals surface area contributed by atoms with E-state index in [0.717, 1.165) is 44.4 Å². The van der Waals surface area contributed by atoms with E-state index in [-0.39, 0.29) is 37.1 Å². The van der Waals surface area contributed by atoms with Crippen LogP contribution in [0.2, 0.25) is 0 Å². The molecule has 0 bridgehead atoms. The quantitative estimate of drug-likeness (QED) is 0.0198. The Kier molecular flexibility index (Phi) is 33.8. The van der Waals surface area contributed by atoms with Gasteiger partial charge in [-0.15, -0.1) is 0 Å². The number of ether oxygens (including phenoxy) is 2. The van der Waals surface area contributed by atoms with Gasteiger partial charge in [0.1, 0.15) is 12.7 Å². The van der Waals surface area contributed by atoms with Crippen LogP contribution in [0.25, 0.3) is 0 Å². The van der Waals surface area contributed by atoms with E-state index >= 15 is 0 Å². The molecule has 1 rings (SSSR count). The lowest BCUT2D eigenvalue weighted by atomic mass is 9.90. The third-order valence-corrected chi connectivity index (χ3v) is 12.0. The largest absolute Gasteiger partial charge is 0.472 e. The van der Waals surface area contributed by atoms with Crippen LogP contribution in [0, 0.1) is 17.8 Å². The number of hydrogen-bond donors (Lipinski definition) is 4. The van der Waals surface area contributed by atoms with Crippen LogP contribution in [0.3, 0.4) is 0 Å². The molecule has 0 heterocycles. The fourth-order valence-electron chi connectivity index (χ4n) is 6.96. The van der Waals surface area contributed by atoms with Crippen molar-refractivity contribution in [2.24, 2.45) is 17.8 Å². The summed E-state index contributed by atoms with van der Waals surface area (Å²) in [5.41, 5.74) is 0. The van der Waals surface area contributed by atoms with Gasteiger partial charge in [0, 0.05) is 18.8 Å². The van der Waals surface area contributed by atoms with Crippen molar-refractivity contribution in [2.45, 2.75) is 200 Å². The Balaban J connectivity index is 2.38. The summed E-state index contributed by atoms with van der Waals surface area (Å²) in [4.78, 5) is 47.6. The zero-order chi connectivity index (χ0) is 44.3. The fourth-order valence-corrected chi connectivity index (χ4v) is 7.75. The van der Waals surface area contributed by atoms with Crippen molar-refractivity contribution in [1.82, 2.24) is 0 Å². The number of carbonyl (C=O) groups is 3. The molecular formula is C47H83O12P. The van der Waals surface area contributed by atoms with Crippen LogP contribution >= 0.6 is 7.82 Å². The second-order valence-corrected chi connectivity index (χ2v) is 18.1. The minimum Gasteiger partial charge on any atom is -0.462 e. The van der Waals surface area contributed by atoms with Gasteiger partial charge in [-0.05, 0) is 50.0 Å². The molecule has 0 aromatic heterocycles. The van der Waals surface area contributed by atoms with Gasteiger partial charge in [0.05, 0.1) is 25.9 Å². The van der Waals surface area contributed by atoms with Crippen LogP contribution < -0.4 is 0 Å². The molecule has 0 saturated heterocycles. The number of carbonyl (C=O) groups excluding carboxylic acids is 3. The molecule has 0 spiro atoms. The monoisotopic (exact) mass is 871 g/mol. The average molecular weight is 871 g/mol. The molecular weight excluding hydrogens is 787 g/mol. The van der Waals surface area contributed by atoms with Crippen molar-refractivity contribution in [2.75, 3.05) is 26.4 Å². The number of aliphatic hydroxyl groups excluding tert-OH is 3. The van der Waals surface area contributed by atoms with Crippen molar-refractivity contribution in [3.8, 4) is 0 Å². The van der Waals surface area contributed by atoms with Crippen molar-refractivity contribution in [3.63, 3.8) is 0 Å². The van der Waals surface area contributed by atoms with Gasteiger partial charge in [-0.3, -0.25) is 23.4 Å². The van der Waals surface area contributed by atoms with Crippen LogP contribution in [-0.2, 0) is 37.5 Å². The first-order valence-corrected chi connectivity index (χ1v) is 24.9. The third kappa shape index (κ3) is 30.8. The second kappa shape index (κ2) is 36.3. The summed E-state index contributed by atoms with van der Waals surface area (Å²) in [5.74, 6) is -0.462. The summed E-state index contributed by atoms with van der Waals surface area (Å²) >= 11 is 0. The third-order valence-electron chi connectivity index (χ3n) is 11.1. The molecule has 348 valence electrons. The zero-order valence-electron chi connectivity index (χ0n) is 37.4. The number of unbranched alkanes of at least 4 members (excludes halogenated alkanes) is 16. The van der Waals surface area contributed by atoms with E-state index in [4.69, 9.17) is 19.1 Å². The lowest BCUT2D eigenvalue weighted by molar-refractivity contribution is -0.161. The first kappa shape index (κ1) is 55.8. The molecule has 0 aliphatic heterocycles. The number of phosphoric ester groups is 1. The minimum absolute atomic E-state index is 0.0115. The molecule has 2 unspecified atom stereocenters. The summed E-state index contributed by atoms with van der Waals surface area (Å²) in [5, 5.41) is 28.6. The first-order chi connectivity index (χ1) is 28.9. The Hall–Kier alpha value is -2.18. The van der Waals surface area contributed by atoms with E-state index in [1.807, 2.05) is 24.3 Å². The van der Waals surface area contributed by atoms with Crippen molar-refractivity contribution in [3.05, 3.63) is 36.5 Å². The Morgan fingerprint density at radius 1 is 0.767 bits per heavy atom. The molecule has 0 radical (unpaired) electrons. The lowest BCUT2D eigenvalue weighted by Gasteiger charge is -2.20. The van der Waals surface area contributed by atoms with Gasteiger partial charge >= 0.3 is 19.8 Å². The molecule has 12 nitrogen and oxygen atoms in total. The normalized spacial score (nSPS) is 18.6. The molecule has 7 atom stereocenters. The maximum Gasteiger partial charge on any atom is 0.472 e. The van der Waals surface area contributed by atoms with Gasteiger partial charge in [0.25, 0.3) is 0 Å². The van der Waals surface area contributed by atoms with Gasteiger partial charge in [0.15, 0.2) is 11.9 Å². The lowest BCUT2D eigenvalue weighted by Crippen LogP contribution is -2.29. The summed E-state index contributed by atoms with van der Waals surface area (Å²) in [6.45, 7) is 4.43. The van der Waals surface area contributed by atoms with E-state index in [1.54, 1.807) is 12.2 Å². The predicted molar refractivity (Wildman–Crippen MR) is 237 cm³/mol. The molecule has 60 heavy (non-hydrogen) atoms. The Morgan fingerprint density at radius 3 is 1.97 bits per heavy atom. The van der Waals surface area contributed by atoms with Crippen LogP contribution in [0.4, 0.5) is 0 Å². The summed E-state index contributed by atoms with van der Waals surface area (Å²) in [7, 11) is -4.67. The van der Waals surface area contributed by atoms with Gasteiger partial charge in [0.2, 0.25) is 0 Å². The van der Waals surface area contributed by atoms with Gasteiger partial charge in [-0.1, -0.05) is 167 Å². The molecule has 13 heteroatoms. The summed E-state index contributed by atoms with van der Waals surface area (Å²) in [6.07, 6.45) is 33.0. The standard InChI is InChI=1S/C47H83O12P/c1-4-6-21-28-41(49)32-33-44-40(31-34-45(44)51)27-23-19-20-24-29-46(52)56-37-43(38-58-60(54,55)57-36-42(50)35-48)59-47(53)30-25-18-16-14-12-10-8-7-9-11-13-15-17-22-26-39(3)5-2/h19,23,31-34,39-44,48-50H,4-18,20-22,24-30,35-38H2,1-3H3,(H,54,55)/b23-19-,33-32+/t39?,40-,41-,42-,43+,44+/m0/s1. The van der Waals surface area contributed by atoms with Crippen molar-refractivity contribution < 1.29 is 57.7 Å². The van der Waals surface area contributed by atoms with Crippen molar-refractivity contribution in [1.29, 1.82) is 0 Å². The molecule has 0 amide bonds. The average Bonchev–Trinajstić information content (AvgIpc) is 3.59. The van der Waals surface area contributed by atoms with Crippen molar-refractivity contribution >= 4 is 25.5 Å². The SMILES string of the molecule is CCCCC[C@H](O)/C=C/[C@H]1C(=O)C=C[C@@H]1C/C=C\CCCC(=O)OC[C@H](COP(=O)(O)OC[C@@H](O)CO)OC(=O)CCCCCCCCCCCCCCCCC(C)CC. The molecule has 0 fully saturated rings. The summed E-state index contributed by atoms with van der Waals surface area (Å²) < 4.78 is 32.8. The van der Waals surface area contributed by atoms with E-state index < -0.39 is 57.9 Å². The molecule has 0 saturated carbocycles. The highest BCUT2D eigenvalue weighted by Crippen LogP contribution is 2.43. The number of ketones is 1. The second-order valence-electron chi connectivity index (χ2n) is 16.7. The molecule has 0 aromatic rings. The topological polar surface area (TPSA) is 186 Å². The molecule has 1 aliphatic rings. The predicted octanol–water partition coefficient (Wildman–Crippen LogP) is 10.2. The summed E-state index contributed by atoms with van der Waals surface area (Å²) in [6, 6.07) is 0. The van der Waals surface area contributed by atoms with Crippen LogP contribution in [0.5, 0.6) is 0 Å². The van der Waals surface area contributed by atoms with Gasteiger partial charge < -0.3 is 29.7 Å². The van der Waals surface area contributed by atoms with Gasteiger partial charge in [-0.25, -0.2) is 4.57 Å². The first-order valence-electron chi connectivity index (χ1n) is 23.4. The zero-order valence-corrected chi connectivity index (χ0v) is 38.3. The van der Waals surface area contributed by atoms with E-state index in [1.165, 1.54) is 77.0 Å². The highest BCUT2D eigenvalue weighted by molar-refractivity contribution is 7.47. The van der Waals surface area contributed by atoms with Crippen LogP contribution in [0.15, 0.2) is 36.5 Å². The number of rotatable bonds is 40. The Labute approximate surface area is 362 Å². The number of allylic oxidation sites excluding steroid dienone is 5. The minimum atomic E-state index is -4.67. The number of esters is 2. The molecule has 1 aliphatic carbocycles. The van der Waals surface area contributed by atoms with Crippen LogP contribution in [0.1, 0.15) is 181 Å². The highest BCUT2D eigenvalue weighted by atomic mass is 31.2. The van der Waals surface area contributed by atoms with E-state index in [2.05, 4.69) is 25.3 Å². The van der Waals surface area contributed by atoms with E-state index in [9.17, 15) is 34.1 Å². The molecule has 0 aromatic carbocycles. The molecule has 4 N–H and O–H groups in total. The van der Waals surface area contributed by atoms with Gasteiger partial charge in [-0.2, -0.15) is 0 Å². The highest BCUT2D eigenvalue weighted by Gasteiger charge is 2.28. The smallest absolute Gasteiger partial charge is 0.462 e. The number of phosphoric acid groups is 1. The Bertz CT molecular complexity index is 1250. The number of aliphatic hydroxyl groups is 3. The van der Waals surface area contributed by atoms with E-state index in [0.29, 0.717) is 32.1 Å². The Morgan fingerprint density at radius 2 is 1.35 bits per heavy atom. The maximum absolute atomic E-state index is 12.7. The number of hydrogen-bond acceptors (Lipinski definition) is 11. The van der Waals surface area contributed by atoms with Crippen LogP contribution in [-0.4, -0.2) is 82.7 Å².